The molecule has 1 aliphatic carbocycles. The number of hydrogen-bond donors (Lipinski definition) is 2. The fourth-order valence-electron chi connectivity index (χ4n) is 4.23. The Balaban J connectivity index is 0.00000261. The van der Waals surface area contributed by atoms with Gasteiger partial charge in [-0.1, -0.05) is 31.0 Å². The molecular formula is C21H36IN5. The number of guanidine groups is 1. The first-order valence-corrected chi connectivity index (χ1v) is 10.2. The minimum atomic E-state index is 0. The summed E-state index contributed by atoms with van der Waals surface area (Å²) in [7, 11) is 4.13. The maximum Gasteiger partial charge on any atom is 0.191 e. The van der Waals surface area contributed by atoms with Crippen molar-refractivity contribution in [3.05, 3.63) is 30.3 Å². The highest BCUT2D eigenvalue weighted by Gasteiger charge is 2.21. The van der Waals surface area contributed by atoms with Crippen LogP contribution in [0.25, 0.3) is 0 Å². The molecule has 0 spiro atoms. The average Bonchev–Trinajstić information content (AvgIpc) is 3.23. The molecule has 0 bridgehead atoms. The van der Waals surface area contributed by atoms with Crippen molar-refractivity contribution in [1.29, 1.82) is 0 Å². The van der Waals surface area contributed by atoms with E-state index in [1.54, 1.807) is 0 Å². The van der Waals surface area contributed by atoms with E-state index in [0.29, 0.717) is 6.04 Å². The maximum absolute atomic E-state index is 4.43. The van der Waals surface area contributed by atoms with E-state index in [4.69, 9.17) is 0 Å². The lowest BCUT2D eigenvalue weighted by molar-refractivity contribution is 0.249. The number of halogens is 1. The number of nitrogens with one attached hydrogen (secondary N) is 2. The van der Waals surface area contributed by atoms with Gasteiger partial charge < -0.3 is 20.4 Å². The Kier molecular flexibility index (Phi) is 9.68. The number of para-hydroxylation sites is 1. The molecule has 1 heterocycles. The number of likely N-dealkylation sites (N-methyl/N-ethyl adjacent to an activating group) is 1. The molecule has 2 aliphatic rings. The zero-order chi connectivity index (χ0) is 18.2. The summed E-state index contributed by atoms with van der Waals surface area (Å²) in [5.74, 6) is 0.935. The molecule has 1 saturated heterocycles. The number of piperidine rings is 1. The summed E-state index contributed by atoms with van der Waals surface area (Å²) < 4.78 is 0. The first-order chi connectivity index (χ1) is 12.8. The van der Waals surface area contributed by atoms with Gasteiger partial charge in [0.1, 0.15) is 0 Å². The van der Waals surface area contributed by atoms with E-state index in [2.05, 4.69) is 62.8 Å². The van der Waals surface area contributed by atoms with Crippen LogP contribution in [-0.4, -0.2) is 63.2 Å². The Labute approximate surface area is 182 Å². The van der Waals surface area contributed by atoms with E-state index in [1.165, 1.54) is 44.2 Å². The quantitative estimate of drug-likeness (QED) is 0.369. The molecule has 27 heavy (non-hydrogen) atoms. The highest BCUT2D eigenvalue weighted by atomic mass is 127. The van der Waals surface area contributed by atoms with Crippen LogP contribution in [0.1, 0.15) is 38.5 Å². The van der Waals surface area contributed by atoms with Gasteiger partial charge in [0.15, 0.2) is 5.96 Å². The molecule has 2 N–H and O–H groups in total. The first-order valence-electron chi connectivity index (χ1n) is 10.2. The Morgan fingerprint density at radius 2 is 1.89 bits per heavy atom. The van der Waals surface area contributed by atoms with Crippen LogP contribution in [0, 0.1) is 0 Å². The highest BCUT2D eigenvalue weighted by molar-refractivity contribution is 14.0. The zero-order valence-corrected chi connectivity index (χ0v) is 19.2. The standard InChI is InChI=1S/C21H35N5.HI/c1-22-21(23-14-16-25(2)19-10-6-7-11-19)24-18-9-8-15-26(17-18)20-12-4-3-5-13-20;/h3-5,12-13,18-19H,6-11,14-17H2,1-2H3,(H2,22,23,24);1H. The van der Waals surface area contributed by atoms with Gasteiger partial charge >= 0.3 is 0 Å². The first kappa shape index (κ1) is 22.3. The summed E-state index contributed by atoms with van der Waals surface area (Å²) in [5.41, 5.74) is 1.32. The van der Waals surface area contributed by atoms with Gasteiger partial charge in [-0.25, -0.2) is 0 Å². The maximum atomic E-state index is 4.43. The van der Waals surface area contributed by atoms with Crippen LogP contribution < -0.4 is 15.5 Å². The van der Waals surface area contributed by atoms with Gasteiger partial charge in [-0.2, -0.15) is 0 Å². The minimum absolute atomic E-state index is 0. The third kappa shape index (κ3) is 6.82. The molecule has 1 aromatic rings. The lowest BCUT2D eigenvalue weighted by Gasteiger charge is -2.35. The molecule has 1 atom stereocenters. The van der Waals surface area contributed by atoms with E-state index in [9.17, 15) is 0 Å². The number of aliphatic imine (C=N–C) groups is 1. The van der Waals surface area contributed by atoms with Crippen LogP contribution >= 0.6 is 24.0 Å². The summed E-state index contributed by atoms with van der Waals surface area (Å²) in [6.45, 7) is 4.20. The molecule has 0 amide bonds. The predicted molar refractivity (Wildman–Crippen MR) is 126 cm³/mol. The minimum Gasteiger partial charge on any atom is -0.369 e. The number of rotatable bonds is 6. The van der Waals surface area contributed by atoms with Crippen LogP contribution in [-0.2, 0) is 0 Å². The molecule has 1 aliphatic heterocycles. The molecule has 152 valence electrons. The summed E-state index contributed by atoms with van der Waals surface area (Å²) in [4.78, 5) is 9.41. The summed E-state index contributed by atoms with van der Waals surface area (Å²) in [6.07, 6.45) is 7.93. The van der Waals surface area contributed by atoms with Gasteiger partial charge in [0, 0.05) is 51.0 Å². The number of hydrogen-bond acceptors (Lipinski definition) is 3. The molecule has 6 heteroatoms. The monoisotopic (exact) mass is 485 g/mol. The van der Waals surface area contributed by atoms with Crippen molar-refractivity contribution in [2.75, 3.05) is 45.2 Å². The predicted octanol–water partition coefficient (Wildman–Crippen LogP) is 3.31. The second-order valence-corrected chi connectivity index (χ2v) is 7.68. The van der Waals surface area contributed by atoms with Crippen molar-refractivity contribution in [3.8, 4) is 0 Å². The van der Waals surface area contributed by atoms with Crippen molar-refractivity contribution in [3.63, 3.8) is 0 Å². The van der Waals surface area contributed by atoms with Crippen LogP contribution in [0.2, 0.25) is 0 Å². The Morgan fingerprint density at radius 3 is 2.59 bits per heavy atom. The largest absolute Gasteiger partial charge is 0.369 e. The Morgan fingerprint density at radius 1 is 1.15 bits per heavy atom. The molecule has 1 unspecified atom stereocenters. The fourth-order valence-corrected chi connectivity index (χ4v) is 4.23. The zero-order valence-electron chi connectivity index (χ0n) is 16.9. The van der Waals surface area contributed by atoms with Crippen LogP contribution in [0.5, 0.6) is 0 Å². The van der Waals surface area contributed by atoms with E-state index < -0.39 is 0 Å². The summed E-state index contributed by atoms with van der Waals surface area (Å²) in [5, 5.41) is 7.13. The Hall–Kier alpha value is -1.02. The normalized spacial score (nSPS) is 21.2. The van der Waals surface area contributed by atoms with E-state index in [1.807, 2.05) is 7.05 Å². The summed E-state index contributed by atoms with van der Waals surface area (Å²) >= 11 is 0. The van der Waals surface area contributed by atoms with Gasteiger partial charge in [0.2, 0.25) is 0 Å². The van der Waals surface area contributed by atoms with Gasteiger partial charge in [0.05, 0.1) is 0 Å². The number of anilines is 1. The fraction of sp³-hybridized carbons (Fsp3) is 0.667. The lowest BCUT2D eigenvalue weighted by atomic mass is 10.1. The van der Waals surface area contributed by atoms with Gasteiger partial charge in [-0.05, 0) is 44.9 Å². The number of benzene rings is 1. The molecule has 2 fully saturated rings. The van der Waals surface area contributed by atoms with E-state index in [-0.39, 0.29) is 24.0 Å². The molecule has 0 radical (unpaired) electrons. The van der Waals surface area contributed by atoms with Crippen molar-refractivity contribution in [2.24, 2.45) is 4.99 Å². The molecule has 3 rings (SSSR count). The topological polar surface area (TPSA) is 42.9 Å². The van der Waals surface area contributed by atoms with Crippen molar-refractivity contribution >= 4 is 35.6 Å². The molecular weight excluding hydrogens is 449 g/mol. The van der Waals surface area contributed by atoms with Crippen LogP contribution in [0.15, 0.2) is 35.3 Å². The smallest absolute Gasteiger partial charge is 0.191 e. The second kappa shape index (κ2) is 11.7. The van der Waals surface area contributed by atoms with Crippen molar-refractivity contribution in [1.82, 2.24) is 15.5 Å². The second-order valence-electron chi connectivity index (χ2n) is 7.68. The van der Waals surface area contributed by atoms with Crippen molar-refractivity contribution < 1.29 is 0 Å². The van der Waals surface area contributed by atoms with Gasteiger partial charge in [-0.15, -0.1) is 24.0 Å². The van der Waals surface area contributed by atoms with E-state index >= 15 is 0 Å². The van der Waals surface area contributed by atoms with Crippen LogP contribution in [0.3, 0.4) is 0 Å². The molecule has 0 aromatic heterocycles. The Bertz CT molecular complexity index is 559. The average molecular weight is 485 g/mol. The third-order valence-electron chi connectivity index (χ3n) is 5.81. The highest BCUT2D eigenvalue weighted by Crippen LogP contribution is 2.22. The molecule has 1 aromatic carbocycles. The molecule has 5 nitrogen and oxygen atoms in total. The third-order valence-corrected chi connectivity index (χ3v) is 5.81. The molecule has 1 saturated carbocycles. The number of nitrogens with zero attached hydrogens (tertiary/aromatic N) is 3. The van der Waals surface area contributed by atoms with Crippen LogP contribution in [0.4, 0.5) is 5.69 Å². The van der Waals surface area contributed by atoms with Gasteiger partial charge in [0.25, 0.3) is 0 Å². The SMILES string of the molecule is CN=C(NCCN(C)C1CCCC1)NC1CCCN(c2ccccc2)C1.I. The van der Waals surface area contributed by atoms with Gasteiger partial charge in [-0.3, -0.25) is 4.99 Å². The van der Waals surface area contributed by atoms with E-state index in [0.717, 1.165) is 38.2 Å². The van der Waals surface area contributed by atoms with Crippen molar-refractivity contribution in [2.45, 2.75) is 50.6 Å². The summed E-state index contributed by atoms with van der Waals surface area (Å²) in [6, 6.07) is 12.0. The lowest BCUT2D eigenvalue weighted by Crippen LogP contribution is -2.52.